The van der Waals surface area contributed by atoms with Crippen molar-refractivity contribution in [3.05, 3.63) is 44.9 Å². The van der Waals surface area contributed by atoms with Crippen LogP contribution in [0.2, 0.25) is 0 Å². The summed E-state index contributed by atoms with van der Waals surface area (Å²) in [7, 11) is 0. The zero-order valence-corrected chi connectivity index (χ0v) is 12.3. The molecule has 2 N–H and O–H groups in total. The number of ketones is 1. The summed E-state index contributed by atoms with van der Waals surface area (Å²) in [5, 5.41) is 1.27. The third-order valence-electron chi connectivity index (χ3n) is 3.73. The van der Waals surface area contributed by atoms with Gasteiger partial charge in [0.15, 0.2) is 5.78 Å². The lowest BCUT2D eigenvalue weighted by atomic mass is 9.91. The molecule has 1 fully saturated rings. The second-order valence-electron chi connectivity index (χ2n) is 4.78. The van der Waals surface area contributed by atoms with Gasteiger partial charge in [0.05, 0.1) is 5.03 Å². The molecule has 3 rings (SSSR count). The summed E-state index contributed by atoms with van der Waals surface area (Å²) in [4.78, 5) is 12.6. The minimum Gasteiger partial charge on any atom is -0.393 e. The summed E-state index contributed by atoms with van der Waals surface area (Å²) in [5.74, 6) is 0.469. The molecule has 1 aromatic rings. The molecular formula is C14H14BrNOS. The van der Waals surface area contributed by atoms with E-state index < -0.39 is 0 Å². The number of fused-ring (bicyclic) bond motifs is 1. The molecule has 1 heterocycles. The van der Waals surface area contributed by atoms with Crippen LogP contribution in [0.5, 0.6) is 0 Å². The molecule has 0 radical (unpaired) electrons. The van der Waals surface area contributed by atoms with Crippen molar-refractivity contribution in [2.75, 3.05) is 0 Å². The Hall–Kier alpha value is -0.740. The Balaban J connectivity index is 1.98. The molecule has 1 aromatic carbocycles. The van der Waals surface area contributed by atoms with Crippen molar-refractivity contribution < 1.29 is 4.79 Å². The van der Waals surface area contributed by atoms with Gasteiger partial charge in [-0.25, -0.2) is 0 Å². The van der Waals surface area contributed by atoms with Gasteiger partial charge in [-0.2, -0.15) is 0 Å². The van der Waals surface area contributed by atoms with Crippen LogP contribution in [0.25, 0.3) is 0 Å². The quantitative estimate of drug-likeness (QED) is 0.843. The standard InChI is InChI=1S/C14H14BrNOS/c15-10-6-2-1-4-8(10)13(17)12-9-5-3-7-11(9)18-14(12)16/h1-2,4,6,9,11H,3,5,7,16H2. The minimum atomic E-state index is 0.0990. The van der Waals surface area contributed by atoms with Crippen LogP contribution < -0.4 is 5.73 Å². The lowest BCUT2D eigenvalue weighted by Crippen LogP contribution is -2.15. The smallest absolute Gasteiger partial charge is 0.193 e. The fourth-order valence-corrected chi connectivity index (χ4v) is 4.76. The molecule has 0 spiro atoms. The first-order valence-corrected chi connectivity index (χ1v) is 7.81. The molecule has 2 unspecified atom stereocenters. The molecule has 0 bridgehead atoms. The number of nitrogens with two attached hydrogens (primary N) is 1. The molecule has 2 atom stereocenters. The van der Waals surface area contributed by atoms with E-state index in [1.165, 1.54) is 12.8 Å². The Morgan fingerprint density at radius 3 is 2.89 bits per heavy atom. The number of thioether (sulfide) groups is 1. The number of benzene rings is 1. The fourth-order valence-electron chi connectivity index (χ4n) is 2.88. The summed E-state index contributed by atoms with van der Waals surface area (Å²) in [6, 6.07) is 7.57. The van der Waals surface area contributed by atoms with Crippen LogP contribution in [0, 0.1) is 5.92 Å². The van der Waals surface area contributed by atoms with Crippen molar-refractivity contribution in [3.63, 3.8) is 0 Å². The SMILES string of the molecule is NC1=C(C(=O)c2ccccc2Br)C2CCCC2S1. The van der Waals surface area contributed by atoms with Gasteiger partial charge in [0.2, 0.25) is 0 Å². The largest absolute Gasteiger partial charge is 0.393 e. The molecule has 2 aliphatic rings. The molecule has 0 saturated heterocycles. The number of halogens is 1. The highest BCUT2D eigenvalue weighted by Gasteiger charge is 2.41. The van der Waals surface area contributed by atoms with Crippen molar-refractivity contribution in [2.45, 2.75) is 24.5 Å². The maximum Gasteiger partial charge on any atom is 0.193 e. The van der Waals surface area contributed by atoms with E-state index in [4.69, 9.17) is 5.73 Å². The maximum atomic E-state index is 12.6. The summed E-state index contributed by atoms with van der Waals surface area (Å²) < 4.78 is 0.849. The number of carbonyl (C=O) groups is 1. The van der Waals surface area contributed by atoms with E-state index in [1.54, 1.807) is 11.8 Å². The second kappa shape index (κ2) is 4.74. The Kier molecular flexibility index (Phi) is 3.24. The number of allylic oxidation sites excluding steroid dienone is 1. The summed E-state index contributed by atoms with van der Waals surface area (Å²) in [5.41, 5.74) is 7.65. The van der Waals surface area contributed by atoms with Crippen molar-refractivity contribution in [2.24, 2.45) is 11.7 Å². The van der Waals surface area contributed by atoms with E-state index in [9.17, 15) is 4.79 Å². The minimum absolute atomic E-state index is 0.0990. The molecule has 4 heteroatoms. The Bertz CT molecular complexity index is 540. The Morgan fingerprint density at radius 1 is 1.33 bits per heavy atom. The van der Waals surface area contributed by atoms with Gasteiger partial charge in [-0.1, -0.05) is 34.5 Å². The van der Waals surface area contributed by atoms with Crippen LogP contribution in [0.4, 0.5) is 0 Å². The van der Waals surface area contributed by atoms with Gasteiger partial charge in [0, 0.05) is 26.8 Å². The van der Waals surface area contributed by atoms with Gasteiger partial charge in [-0.15, -0.1) is 11.8 Å². The third-order valence-corrected chi connectivity index (χ3v) is 5.76. The summed E-state index contributed by atoms with van der Waals surface area (Å²) in [6.07, 6.45) is 3.50. The fraction of sp³-hybridized carbons (Fsp3) is 0.357. The number of carbonyl (C=O) groups excluding carboxylic acids is 1. The van der Waals surface area contributed by atoms with Crippen LogP contribution in [0.3, 0.4) is 0 Å². The average molecular weight is 324 g/mol. The zero-order chi connectivity index (χ0) is 12.7. The number of hydrogen-bond donors (Lipinski definition) is 1. The molecule has 1 aliphatic heterocycles. The van der Waals surface area contributed by atoms with Crippen LogP contribution in [-0.2, 0) is 0 Å². The third kappa shape index (κ3) is 1.91. The van der Waals surface area contributed by atoms with E-state index in [2.05, 4.69) is 15.9 Å². The highest BCUT2D eigenvalue weighted by atomic mass is 79.9. The molecule has 18 heavy (non-hydrogen) atoms. The van der Waals surface area contributed by atoms with E-state index in [-0.39, 0.29) is 5.78 Å². The molecule has 1 saturated carbocycles. The molecule has 94 valence electrons. The van der Waals surface area contributed by atoms with Crippen molar-refractivity contribution in [1.29, 1.82) is 0 Å². The first-order valence-electron chi connectivity index (χ1n) is 6.14. The van der Waals surface area contributed by atoms with Crippen LogP contribution >= 0.6 is 27.7 Å². The van der Waals surface area contributed by atoms with Crippen molar-refractivity contribution >= 4 is 33.5 Å². The van der Waals surface area contributed by atoms with Gasteiger partial charge in [0.25, 0.3) is 0 Å². The Labute approximate surface area is 119 Å². The van der Waals surface area contributed by atoms with Gasteiger partial charge in [-0.3, -0.25) is 4.79 Å². The molecule has 2 nitrogen and oxygen atoms in total. The van der Waals surface area contributed by atoms with Gasteiger partial charge >= 0.3 is 0 Å². The molecular weight excluding hydrogens is 310 g/mol. The first kappa shape index (κ1) is 12.3. The van der Waals surface area contributed by atoms with E-state index in [0.29, 0.717) is 11.2 Å². The predicted octanol–water partition coefficient (Wildman–Crippen LogP) is 3.72. The van der Waals surface area contributed by atoms with Crippen LogP contribution in [0.15, 0.2) is 39.3 Å². The molecule has 0 aromatic heterocycles. The van der Waals surface area contributed by atoms with Crippen molar-refractivity contribution in [1.82, 2.24) is 0 Å². The lowest BCUT2D eigenvalue weighted by Gasteiger charge is -2.12. The number of Topliss-reactive ketones (excluding diaryl/α,β-unsaturated/α-hetero) is 1. The van der Waals surface area contributed by atoms with E-state index in [0.717, 1.165) is 27.1 Å². The highest BCUT2D eigenvalue weighted by molar-refractivity contribution is 9.10. The van der Waals surface area contributed by atoms with Crippen molar-refractivity contribution in [3.8, 4) is 0 Å². The molecule has 0 amide bonds. The highest BCUT2D eigenvalue weighted by Crippen LogP contribution is 2.49. The van der Waals surface area contributed by atoms with Gasteiger partial charge in [0.1, 0.15) is 0 Å². The first-order chi connectivity index (χ1) is 8.68. The van der Waals surface area contributed by atoms with E-state index >= 15 is 0 Å². The predicted molar refractivity (Wildman–Crippen MR) is 78.4 cm³/mol. The second-order valence-corrected chi connectivity index (χ2v) is 6.92. The van der Waals surface area contributed by atoms with E-state index in [1.807, 2.05) is 24.3 Å². The topological polar surface area (TPSA) is 43.1 Å². The Morgan fingerprint density at radius 2 is 2.11 bits per heavy atom. The van der Waals surface area contributed by atoms with Crippen LogP contribution in [0.1, 0.15) is 29.6 Å². The van der Waals surface area contributed by atoms with Gasteiger partial charge in [-0.05, 0) is 25.0 Å². The normalized spacial score (nSPS) is 26.5. The number of hydrogen-bond acceptors (Lipinski definition) is 3. The summed E-state index contributed by atoms with van der Waals surface area (Å²) in [6.45, 7) is 0. The summed E-state index contributed by atoms with van der Waals surface area (Å²) >= 11 is 5.14. The van der Waals surface area contributed by atoms with Gasteiger partial charge < -0.3 is 5.73 Å². The molecule has 1 aliphatic carbocycles. The monoisotopic (exact) mass is 323 g/mol. The average Bonchev–Trinajstić information content (AvgIpc) is 2.88. The number of rotatable bonds is 2. The van der Waals surface area contributed by atoms with Crippen LogP contribution in [-0.4, -0.2) is 11.0 Å². The zero-order valence-electron chi connectivity index (χ0n) is 9.86. The lowest BCUT2D eigenvalue weighted by molar-refractivity contribution is 0.102. The maximum absolute atomic E-state index is 12.6.